The van der Waals surface area contributed by atoms with E-state index in [1.807, 2.05) is 0 Å². The predicted molar refractivity (Wildman–Crippen MR) is 61.4 cm³/mol. The maximum atomic E-state index is 13.3. The van der Waals surface area contributed by atoms with Crippen LogP contribution >= 0.6 is 0 Å². The zero-order valence-corrected chi connectivity index (χ0v) is 8.74. The van der Waals surface area contributed by atoms with E-state index in [2.05, 4.69) is 15.3 Å². The largest absolute Gasteiger partial charge is 0.397 e. The van der Waals surface area contributed by atoms with Crippen LogP contribution in [0.5, 0.6) is 0 Å². The molecule has 0 saturated carbocycles. The van der Waals surface area contributed by atoms with E-state index in [1.54, 1.807) is 25.5 Å². The van der Waals surface area contributed by atoms with E-state index < -0.39 is 5.82 Å². The van der Waals surface area contributed by atoms with Gasteiger partial charge in [0.2, 0.25) is 0 Å². The van der Waals surface area contributed by atoms with E-state index in [-0.39, 0.29) is 0 Å². The molecule has 82 valence electrons. The van der Waals surface area contributed by atoms with Crippen molar-refractivity contribution in [3.8, 4) is 11.4 Å². The average Bonchev–Trinajstić information content (AvgIpc) is 2.29. The van der Waals surface area contributed by atoms with Crippen molar-refractivity contribution in [1.29, 1.82) is 0 Å². The lowest BCUT2D eigenvalue weighted by Crippen LogP contribution is -2.01. The Hall–Kier alpha value is -2.17. The Bertz CT molecular complexity index is 499. The lowest BCUT2D eigenvalue weighted by atomic mass is 10.1. The zero-order chi connectivity index (χ0) is 11.5. The summed E-state index contributed by atoms with van der Waals surface area (Å²) in [6.07, 6.45) is 3.20. The van der Waals surface area contributed by atoms with Crippen LogP contribution in [0, 0.1) is 5.82 Å². The van der Waals surface area contributed by atoms with Gasteiger partial charge in [-0.15, -0.1) is 0 Å². The van der Waals surface area contributed by atoms with Crippen LogP contribution in [0.3, 0.4) is 0 Å². The maximum absolute atomic E-state index is 13.3. The molecule has 16 heavy (non-hydrogen) atoms. The highest BCUT2D eigenvalue weighted by Crippen LogP contribution is 2.31. The number of nitrogen functional groups attached to an aromatic ring is 1. The van der Waals surface area contributed by atoms with Gasteiger partial charge >= 0.3 is 0 Å². The van der Waals surface area contributed by atoms with E-state index in [0.717, 1.165) is 0 Å². The Morgan fingerprint density at radius 2 is 1.94 bits per heavy atom. The molecule has 0 unspecified atom stereocenters. The van der Waals surface area contributed by atoms with Crippen molar-refractivity contribution in [2.75, 3.05) is 18.1 Å². The SMILES string of the molecule is CNc1c(N)cc(F)cc1-c1ncccn1. The summed E-state index contributed by atoms with van der Waals surface area (Å²) in [5, 5.41) is 2.92. The zero-order valence-electron chi connectivity index (χ0n) is 8.74. The molecule has 0 fully saturated rings. The summed E-state index contributed by atoms with van der Waals surface area (Å²) in [6, 6.07) is 4.32. The van der Waals surface area contributed by atoms with Crippen LogP contribution < -0.4 is 11.1 Å². The lowest BCUT2D eigenvalue weighted by Gasteiger charge is -2.10. The first-order valence-electron chi connectivity index (χ1n) is 4.76. The highest BCUT2D eigenvalue weighted by molar-refractivity contribution is 5.83. The molecule has 0 bridgehead atoms. The molecule has 1 heterocycles. The molecular weight excluding hydrogens is 207 g/mol. The summed E-state index contributed by atoms with van der Waals surface area (Å²) in [7, 11) is 1.72. The number of nitrogens with two attached hydrogens (primary N) is 1. The molecule has 0 atom stereocenters. The number of halogens is 1. The van der Waals surface area contributed by atoms with Crippen molar-refractivity contribution in [3.05, 3.63) is 36.4 Å². The smallest absolute Gasteiger partial charge is 0.161 e. The van der Waals surface area contributed by atoms with Crippen molar-refractivity contribution in [1.82, 2.24) is 9.97 Å². The summed E-state index contributed by atoms with van der Waals surface area (Å²) in [5.74, 6) is 0.0389. The Morgan fingerprint density at radius 3 is 2.56 bits per heavy atom. The van der Waals surface area contributed by atoms with Gasteiger partial charge in [-0.1, -0.05) is 0 Å². The third-order valence-corrected chi connectivity index (χ3v) is 2.19. The summed E-state index contributed by atoms with van der Waals surface area (Å²) >= 11 is 0. The number of rotatable bonds is 2. The third kappa shape index (κ3) is 1.79. The van der Waals surface area contributed by atoms with E-state index in [0.29, 0.717) is 22.8 Å². The molecule has 0 amide bonds. The topological polar surface area (TPSA) is 63.8 Å². The molecule has 1 aromatic heterocycles. The van der Waals surface area contributed by atoms with Crippen LogP contribution in [0.4, 0.5) is 15.8 Å². The van der Waals surface area contributed by atoms with Crippen LogP contribution in [0.1, 0.15) is 0 Å². The number of nitrogens with one attached hydrogen (secondary N) is 1. The molecule has 1 aromatic carbocycles. The summed E-state index contributed by atoms with van der Waals surface area (Å²) in [5.41, 5.74) is 7.24. The van der Waals surface area contributed by atoms with Crippen molar-refractivity contribution in [3.63, 3.8) is 0 Å². The highest BCUT2D eigenvalue weighted by Gasteiger charge is 2.11. The monoisotopic (exact) mass is 218 g/mol. The summed E-state index contributed by atoms with van der Waals surface area (Å²) in [4.78, 5) is 8.13. The van der Waals surface area contributed by atoms with Gasteiger partial charge in [-0.05, 0) is 18.2 Å². The fourth-order valence-corrected chi connectivity index (χ4v) is 1.52. The number of aromatic nitrogens is 2. The molecule has 0 spiro atoms. The van der Waals surface area contributed by atoms with Crippen LogP contribution in [-0.4, -0.2) is 17.0 Å². The Balaban J connectivity index is 2.64. The van der Waals surface area contributed by atoms with Gasteiger partial charge in [-0.3, -0.25) is 0 Å². The number of anilines is 2. The van der Waals surface area contributed by atoms with Gasteiger partial charge in [0.1, 0.15) is 5.82 Å². The van der Waals surface area contributed by atoms with Crippen LogP contribution in [0.25, 0.3) is 11.4 Å². The van der Waals surface area contributed by atoms with Gasteiger partial charge in [0.05, 0.1) is 11.4 Å². The minimum Gasteiger partial charge on any atom is -0.397 e. The van der Waals surface area contributed by atoms with Crippen LogP contribution in [0.15, 0.2) is 30.6 Å². The molecule has 4 nitrogen and oxygen atoms in total. The van der Waals surface area contributed by atoms with Gasteiger partial charge < -0.3 is 11.1 Å². The van der Waals surface area contributed by atoms with E-state index in [4.69, 9.17) is 5.73 Å². The molecule has 5 heteroatoms. The Kier molecular flexibility index (Phi) is 2.68. The predicted octanol–water partition coefficient (Wildman–Crippen LogP) is 1.91. The second-order valence-electron chi connectivity index (χ2n) is 3.24. The number of benzene rings is 1. The lowest BCUT2D eigenvalue weighted by molar-refractivity contribution is 0.629. The normalized spacial score (nSPS) is 10.1. The van der Waals surface area contributed by atoms with E-state index in [1.165, 1.54) is 12.1 Å². The first-order valence-corrected chi connectivity index (χ1v) is 4.76. The first-order chi connectivity index (χ1) is 7.72. The molecule has 0 aliphatic rings. The van der Waals surface area contributed by atoms with Gasteiger partial charge in [0, 0.05) is 25.0 Å². The highest BCUT2D eigenvalue weighted by atomic mass is 19.1. The summed E-state index contributed by atoms with van der Waals surface area (Å²) in [6.45, 7) is 0. The number of hydrogen-bond donors (Lipinski definition) is 2. The first kappa shape index (κ1) is 10.4. The molecule has 0 radical (unpaired) electrons. The van der Waals surface area contributed by atoms with Gasteiger partial charge in [-0.2, -0.15) is 0 Å². The Morgan fingerprint density at radius 1 is 1.25 bits per heavy atom. The van der Waals surface area contributed by atoms with Crippen molar-refractivity contribution in [2.45, 2.75) is 0 Å². The third-order valence-electron chi connectivity index (χ3n) is 2.19. The van der Waals surface area contributed by atoms with E-state index in [9.17, 15) is 4.39 Å². The second kappa shape index (κ2) is 4.14. The molecule has 0 aliphatic carbocycles. The fraction of sp³-hybridized carbons (Fsp3) is 0.0909. The molecular formula is C11H11FN4. The second-order valence-corrected chi connectivity index (χ2v) is 3.24. The average molecular weight is 218 g/mol. The number of hydrogen-bond acceptors (Lipinski definition) is 4. The van der Waals surface area contributed by atoms with Crippen molar-refractivity contribution < 1.29 is 4.39 Å². The molecule has 2 rings (SSSR count). The Labute approximate surface area is 92.3 Å². The number of nitrogens with zero attached hydrogens (tertiary/aromatic N) is 2. The van der Waals surface area contributed by atoms with Gasteiger partial charge in [0.15, 0.2) is 5.82 Å². The van der Waals surface area contributed by atoms with Crippen LogP contribution in [-0.2, 0) is 0 Å². The molecule has 2 aromatic rings. The fourth-order valence-electron chi connectivity index (χ4n) is 1.52. The van der Waals surface area contributed by atoms with Gasteiger partial charge in [-0.25, -0.2) is 14.4 Å². The quantitative estimate of drug-likeness (QED) is 0.756. The maximum Gasteiger partial charge on any atom is 0.161 e. The summed E-state index contributed by atoms with van der Waals surface area (Å²) < 4.78 is 13.3. The van der Waals surface area contributed by atoms with Crippen molar-refractivity contribution >= 4 is 11.4 Å². The molecule has 0 aliphatic heterocycles. The van der Waals surface area contributed by atoms with Crippen LogP contribution in [0.2, 0.25) is 0 Å². The minimum absolute atomic E-state index is 0.338. The van der Waals surface area contributed by atoms with Gasteiger partial charge in [0.25, 0.3) is 0 Å². The van der Waals surface area contributed by atoms with E-state index >= 15 is 0 Å². The molecule has 0 saturated heterocycles. The van der Waals surface area contributed by atoms with Crippen molar-refractivity contribution in [2.24, 2.45) is 0 Å². The molecule has 3 N–H and O–H groups in total. The standard InChI is InChI=1S/C11H11FN4/c1-14-10-8(5-7(12)6-9(10)13)11-15-3-2-4-16-11/h2-6,14H,13H2,1H3. The minimum atomic E-state index is -0.404.